The Morgan fingerprint density at radius 3 is 2.21 bits per heavy atom. The van der Waals surface area contributed by atoms with Gasteiger partial charge in [-0.3, -0.25) is 0 Å². The van der Waals surface area contributed by atoms with Gasteiger partial charge in [-0.1, -0.05) is 13.8 Å². The highest BCUT2D eigenvalue weighted by Gasteiger charge is 2.24. The van der Waals surface area contributed by atoms with Crippen LogP contribution >= 0.6 is 0 Å². The van der Waals surface area contributed by atoms with Crippen molar-refractivity contribution < 1.29 is 4.39 Å². The summed E-state index contributed by atoms with van der Waals surface area (Å²) < 4.78 is 15.6. The number of anilines is 3. The number of piperidine rings is 1. The molecule has 38 heavy (non-hydrogen) atoms. The van der Waals surface area contributed by atoms with Gasteiger partial charge in [0.2, 0.25) is 0 Å². The zero-order chi connectivity index (χ0) is 26.6. The lowest BCUT2D eigenvalue weighted by molar-refractivity contribution is 0.169. The predicted octanol–water partition coefficient (Wildman–Crippen LogP) is 6.41. The van der Waals surface area contributed by atoms with E-state index in [0.717, 1.165) is 46.6 Å². The number of fused-ring (bicyclic) bond motifs is 1. The first kappa shape index (κ1) is 26.1. The van der Waals surface area contributed by atoms with Crippen molar-refractivity contribution in [3.05, 3.63) is 65.9 Å². The van der Waals surface area contributed by atoms with Crippen molar-refractivity contribution >= 4 is 28.2 Å². The molecule has 0 radical (unpaired) electrons. The molecule has 2 aromatic heterocycles. The van der Waals surface area contributed by atoms with Crippen LogP contribution in [-0.4, -0.2) is 56.9 Å². The molecule has 8 heteroatoms. The third kappa shape index (κ3) is 5.36. The van der Waals surface area contributed by atoms with Crippen LogP contribution in [0.4, 0.5) is 21.6 Å². The molecule has 0 bridgehead atoms. The van der Waals surface area contributed by atoms with E-state index in [4.69, 9.17) is 0 Å². The van der Waals surface area contributed by atoms with E-state index in [1.54, 1.807) is 6.20 Å². The van der Waals surface area contributed by atoms with Crippen molar-refractivity contribution in [1.82, 2.24) is 24.6 Å². The SMILES string of the molecule is CCCN(CCC)C1CCN(c2ccc(-n3ncc4c(Nc5c(C)cc(F)cc5C)ncnc43)cc2)CC1. The second-order valence-corrected chi connectivity index (χ2v) is 10.3. The molecule has 5 rings (SSSR count). The Kier molecular flexibility index (Phi) is 7.88. The van der Waals surface area contributed by atoms with Crippen LogP contribution in [0.3, 0.4) is 0 Å². The lowest BCUT2D eigenvalue weighted by Crippen LogP contribution is -2.45. The molecule has 4 aromatic rings. The molecule has 200 valence electrons. The van der Waals surface area contributed by atoms with E-state index in [9.17, 15) is 4.39 Å². The molecule has 1 N–H and O–H groups in total. The van der Waals surface area contributed by atoms with Crippen molar-refractivity contribution in [2.75, 3.05) is 36.4 Å². The molecule has 7 nitrogen and oxygen atoms in total. The number of nitrogens with zero attached hydrogens (tertiary/aromatic N) is 6. The number of hydrogen-bond acceptors (Lipinski definition) is 6. The van der Waals surface area contributed by atoms with Gasteiger partial charge in [0, 0.05) is 30.5 Å². The van der Waals surface area contributed by atoms with Crippen LogP contribution in [0, 0.1) is 19.7 Å². The lowest BCUT2D eigenvalue weighted by Gasteiger charge is -2.39. The summed E-state index contributed by atoms with van der Waals surface area (Å²) >= 11 is 0. The minimum Gasteiger partial charge on any atom is -0.371 e. The average Bonchev–Trinajstić information content (AvgIpc) is 3.36. The van der Waals surface area contributed by atoms with Crippen molar-refractivity contribution in [2.45, 2.75) is 59.4 Å². The van der Waals surface area contributed by atoms with E-state index in [0.29, 0.717) is 11.9 Å². The lowest BCUT2D eigenvalue weighted by atomic mass is 10.0. The van der Waals surface area contributed by atoms with Crippen LogP contribution in [0.15, 0.2) is 48.9 Å². The number of benzene rings is 2. The van der Waals surface area contributed by atoms with Crippen LogP contribution in [0.25, 0.3) is 16.7 Å². The zero-order valence-electron chi connectivity index (χ0n) is 22.9. The molecule has 0 atom stereocenters. The number of aryl methyl sites for hydroxylation is 2. The van der Waals surface area contributed by atoms with Crippen molar-refractivity contribution in [1.29, 1.82) is 0 Å². The second-order valence-electron chi connectivity index (χ2n) is 10.3. The molecule has 3 heterocycles. The standard InChI is InChI=1S/C30H38FN7/c1-5-13-36(14-6-2)25-11-15-37(16-12-25)24-7-9-26(10-8-24)38-30-27(19-34-38)29(32-20-33-30)35-28-21(3)17-23(31)18-22(28)4/h7-10,17-20,25H,5-6,11-16H2,1-4H3,(H,32,33,35). The third-order valence-corrected chi connectivity index (χ3v) is 7.57. The molecule has 0 amide bonds. The molecule has 2 aromatic carbocycles. The predicted molar refractivity (Wildman–Crippen MR) is 153 cm³/mol. The van der Waals surface area contributed by atoms with E-state index in [1.165, 1.54) is 62.9 Å². The first-order chi connectivity index (χ1) is 18.5. The first-order valence-electron chi connectivity index (χ1n) is 13.8. The number of rotatable bonds is 9. The van der Waals surface area contributed by atoms with Gasteiger partial charge in [-0.15, -0.1) is 0 Å². The molecule has 1 aliphatic heterocycles. The minimum absolute atomic E-state index is 0.242. The molecule has 1 saturated heterocycles. The summed E-state index contributed by atoms with van der Waals surface area (Å²) in [6.07, 6.45) is 8.19. The van der Waals surface area contributed by atoms with Gasteiger partial charge in [-0.25, -0.2) is 19.0 Å². The Bertz CT molecular complexity index is 1340. The van der Waals surface area contributed by atoms with Gasteiger partial charge in [0.15, 0.2) is 5.65 Å². The number of nitrogens with one attached hydrogen (secondary N) is 1. The van der Waals surface area contributed by atoms with Gasteiger partial charge >= 0.3 is 0 Å². The van der Waals surface area contributed by atoms with Gasteiger partial charge in [0.1, 0.15) is 18.0 Å². The summed E-state index contributed by atoms with van der Waals surface area (Å²) in [7, 11) is 0. The van der Waals surface area contributed by atoms with E-state index >= 15 is 0 Å². The van der Waals surface area contributed by atoms with Crippen molar-refractivity contribution in [3.63, 3.8) is 0 Å². The van der Waals surface area contributed by atoms with Crippen LogP contribution in [0.5, 0.6) is 0 Å². The molecule has 0 unspecified atom stereocenters. The van der Waals surface area contributed by atoms with Crippen molar-refractivity contribution in [2.24, 2.45) is 0 Å². The molecule has 0 spiro atoms. The summed E-state index contributed by atoms with van der Waals surface area (Å²) in [6.45, 7) is 12.9. The summed E-state index contributed by atoms with van der Waals surface area (Å²) in [5, 5.41) is 8.81. The Morgan fingerprint density at radius 2 is 1.58 bits per heavy atom. The maximum absolute atomic E-state index is 13.8. The monoisotopic (exact) mass is 515 g/mol. The molecule has 0 aliphatic carbocycles. The smallest absolute Gasteiger partial charge is 0.168 e. The summed E-state index contributed by atoms with van der Waals surface area (Å²) in [6, 6.07) is 12.3. The Balaban J connectivity index is 1.31. The van der Waals surface area contributed by atoms with Gasteiger partial charge < -0.3 is 15.1 Å². The van der Waals surface area contributed by atoms with Crippen LogP contribution in [-0.2, 0) is 0 Å². The van der Waals surface area contributed by atoms with Crippen LogP contribution < -0.4 is 10.2 Å². The average molecular weight is 516 g/mol. The van der Waals surface area contributed by atoms with Crippen molar-refractivity contribution in [3.8, 4) is 5.69 Å². The highest BCUT2D eigenvalue weighted by atomic mass is 19.1. The van der Waals surface area contributed by atoms with E-state index in [-0.39, 0.29) is 5.82 Å². The summed E-state index contributed by atoms with van der Waals surface area (Å²) in [5.74, 6) is 0.410. The maximum Gasteiger partial charge on any atom is 0.168 e. The minimum atomic E-state index is -0.242. The fourth-order valence-corrected chi connectivity index (χ4v) is 5.70. The maximum atomic E-state index is 13.8. The zero-order valence-corrected chi connectivity index (χ0v) is 22.9. The molecule has 1 aliphatic rings. The van der Waals surface area contributed by atoms with E-state index in [1.807, 2.05) is 18.5 Å². The molecular formula is C30H38FN7. The third-order valence-electron chi connectivity index (χ3n) is 7.57. The van der Waals surface area contributed by atoms with Crippen LogP contribution in [0.1, 0.15) is 50.7 Å². The fourth-order valence-electron chi connectivity index (χ4n) is 5.70. The summed E-state index contributed by atoms with van der Waals surface area (Å²) in [5.41, 5.74) is 5.42. The Hall–Kier alpha value is -3.52. The van der Waals surface area contributed by atoms with E-state index < -0.39 is 0 Å². The number of halogens is 1. The molecule has 1 fully saturated rings. The topological polar surface area (TPSA) is 62.1 Å². The highest BCUT2D eigenvalue weighted by molar-refractivity contribution is 5.89. The number of aromatic nitrogens is 4. The summed E-state index contributed by atoms with van der Waals surface area (Å²) in [4.78, 5) is 14.2. The quantitative estimate of drug-likeness (QED) is 0.278. The van der Waals surface area contributed by atoms with Gasteiger partial charge in [-0.05, 0) is 100 Å². The Labute approximate surface area is 224 Å². The van der Waals surface area contributed by atoms with Gasteiger partial charge in [0.25, 0.3) is 0 Å². The molecule has 0 saturated carbocycles. The van der Waals surface area contributed by atoms with E-state index in [2.05, 4.69) is 68.3 Å². The highest BCUT2D eigenvalue weighted by Crippen LogP contribution is 2.30. The van der Waals surface area contributed by atoms with Crippen LogP contribution in [0.2, 0.25) is 0 Å². The fraction of sp³-hybridized carbons (Fsp3) is 0.433. The first-order valence-corrected chi connectivity index (χ1v) is 13.8. The Morgan fingerprint density at radius 1 is 0.947 bits per heavy atom. The second kappa shape index (κ2) is 11.5. The van der Waals surface area contributed by atoms with Gasteiger partial charge in [-0.2, -0.15) is 5.10 Å². The largest absolute Gasteiger partial charge is 0.371 e. The number of hydrogen-bond donors (Lipinski definition) is 1. The molecular weight excluding hydrogens is 477 g/mol. The normalized spacial score (nSPS) is 14.5. The van der Waals surface area contributed by atoms with Gasteiger partial charge in [0.05, 0.1) is 17.3 Å².